The van der Waals surface area contributed by atoms with Crippen LogP contribution in [0.4, 0.5) is 0 Å². The van der Waals surface area contributed by atoms with Crippen LogP contribution in [0.15, 0.2) is 0 Å². The summed E-state index contributed by atoms with van der Waals surface area (Å²) in [6.45, 7) is 2.89. The van der Waals surface area contributed by atoms with Crippen molar-refractivity contribution in [3.8, 4) is 0 Å². The van der Waals surface area contributed by atoms with Crippen LogP contribution < -0.4 is 11.1 Å². The van der Waals surface area contributed by atoms with Gasteiger partial charge in [-0.1, -0.05) is 12.8 Å². The van der Waals surface area contributed by atoms with Crippen LogP contribution in [0, 0.1) is 0 Å². The summed E-state index contributed by atoms with van der Waals surface area (Å²) in [6, 6.07) is 0. The molecule has 0 amide bonds. The second kappa shape index (κ2) is 5.28. The second-order valence-corrected chi connectivity index (χ2v) is 5.19. The number of nitrogens with one attached hydrogen (secondary N) is 1. The zero-order chi connectivity index (χ0) is 10.6. The topological polar surface area (TPSA) is 47.3 Å². The van der Waals surface area contributed by atoms with E-state index in [9.17, 15) is 0 Å². The summed E-state index contributed by atoms with van der Waals surface area (Å²) in [7, 11) is 0. The molecule has 0 bridgehead atoms. The van der Waals surface area contributed by atoms with Crippen molar-refractivity contribution in [2.45, 2.75) is 56.6 Å². The monoisotopic (exact) mass is 212 g/mol. The first-order chi connectivity index (χ1) is 7.29. The molecule has 3 N–H and O–H groups in total. The Balaban J connectivity index is 1.61. The minimum absolute atomic E-state index is 0.0780. The molecule has 0 aromatic carbocycles. The van der Waals surface area contributed by atoms with Crippen LogP contribution >= 0.6 is 0 Å². The van der Waals surface area contributed by atoms with Gasteiger partial charge in [0, 0.05) is 25.2 Å². The largest absolute Gasteiger partial charge is 0.377 e. The molecular weight excluding hydrogens is 188 g/mol. The molecule has 1 saturated heterocycles. The zero-order valence-electron chi connectivity index (χ0n) is 9.63. The van der Waals surface area contributed by atoms with Crippen molar-refractivity contribution in [1.29, 1.82) is 0 Å². The average Bonchev–Trinajstić information content (AvgIpc) is 2.67. The Hall–Kier alpha value is -0.120. The van der Waals surface area contributed by atoms with Gasteiger partial charge in [-0.15, -0.1) is 0 Å². The average molecular weight is 212 g/mol. The van der Waals surface area contributed by atoms with Crippen molar-refractivity contribution >= 4 is 0 Å². The fourth-order valence-electron chi connectivity index (χ4n) is 2.71. The molecule has 3 nitrogen and oxygen atoms in total. The Morgan fingerprint density at radius 2 is 2.00 bits per heavy atom. The normalized spacial score (nSPS) is 30.6. The Labute approximate surface area is 92.7 Å². The van der Waals surface area contributed by atoms with Gasteiger partial charge in [0.2, 0.25) is 0 Å². The lowest BCUT2D eigenvalue weighted by molar-refractivity contribution is 0.0163. The van der Waals surface area contributed by atoms with Gasteiger partial charge in [0.25, 0.3) is 0 Å². The highest BCUT2D eigenvalue weighted by atomic mass is 16.5. The van der Waals surface area contributed by atoms with Crippen LogP contribution in [0.3, 0.4) is 0 Å². The van der Waals surface area contributed by atoms with Crippen molar-refractivity contribution in [1.82, 2.24) is 5.32 Å². The quantitative estimate of drug-likeness (QED) is 0.741. The lowest BCUT2D eigenvalue weighted by Crippen LogP contribution is -2.48. The number of hydrogen-bond donors (Lipinski definition) is 2. The van der Waals surface area contributed by atoms with Crippen molar-refractivity contribution in [2.75, 3.05) is 19.7 Å². The summed E-state index contributed by atoms with van der Waals surface area (Å²) in [5.41, 5.74) is 6.35. The first-order valence-corrected chi connectivity index (χ1v) is 6.40. The molecule has 2 aliphatic rings. The van der Waals surface area contributed by atoms with Crippen molar-refractivity contribution in [3.05, 3.63) is 0 Å². The van der Waals surface area contributed by atoms with Gasteiger partial charge in [-0.25, -0.2) is 0 Å². The molecule has 0 radical (unpaired) electrons. The molecule has 0 spiro atoms. The first-order valence-electron chi connectivity index (χ1n) is 6.40. The number of rotatable bonds is 4. The summed E-state index contributed by atoms with van der Waals surface area (Å²) < 4.78 is 5.67. The summed E-state index contributed by atoms with van der Waals surface area (Å²) in [5, 5.41) is 3.49. The molecule has 0 aromatic rings. The van der Waals surface area contributed by atoms with Crippen molar-refractivity contribution < 1.29 is 4.74 Å². The Morgan fingerprint density at radius 1 is 1.20 bits per heavy atom. The van der Waals surface area contributed by atoms with E-state index in [1.165, 1.54) is 44.9 Å². The molecule has 15 heavy (non-hydrogen) atoms. The molecule has 88 valence electrons. The third-order valence-electron chi connectivity index (χ3n) is 3.72. The summed E-state index contributed by atoms with van der Waals surface area (Å²) in [6.07, 6.45) is 9.18. The van der Waals surface area contributed by atoms with Crippen LogP contribution in [-0.4, -0.2) is 31.3 Å². The van der Waals surface area contributed by atoms with Gasteiger partial charge in [0.15, 0.2) is 0 Å². The highest BCUT2D eigenvalue weighted by molar-refractivity contribution is 4.91. The van der Waals surface area contributed by atoms with Gasteiger partial charge in [-0.2, -0.15) is 0 Å². The fourth-order valence-corrected chi connectivity index (χ4v) is 2.71. The van der Waals surface area contributed by atoms with E-state index in [1.54, 1.807) is 0 Å². The van der Waals surface area contributed by atoms with Crippen molar-refractivity contribution in [2.24, 2.45) is 5.73 Å². The fraction of sp³-hybridized carbons (Fsp3) is 1.00. The third kappa shape index (κ3) is 3.44. The van der Waals surface area contributed by atoms with Gasteiger partial charge in [-0.05, 0) is 32.1 Å². The Morgan fingerprint density at radius 3 is 2.67 bits per heavy atom. The van der Waals surface area contributed by atoms with Gasteiger partial charge in [0.05, 0.1) is 6.10 Å². The minimum Gasteiger partial charge on any atom is -0.377 e. The predicted octanol–water partition coefficient (Wildman–Crippen LogP) is 1.42. The van der Waals surface area contributed by atoms with E-state index in [4.69, 9.17) is 10.5 Å². The molecule has 1 heterocycles. The Kier molecular flexibility index (Phi) is 4.00. The summed E-state index contributed by atoms with van der Waals surface area (Å²) >= 11 is 0. The second-order valence-electron chi connectivity index (χ2n) is 5.19. The summed E-state index contributed by atoms with van der Waals surface area (Å²) in [5.74, 6) is 0. The number of hydrogen-bond acceptors (Lipinski definition) is 3. The van der Waals surface area contributed by atoms with E-state index < -0.39 is 0 Å². The van der Waals surface area contributed by atoms with Crippen LogP contribution in [-0.2, 0) is 4.74 Å². The van der Waals surface area contributed by atoms with Gasteiger partial charge >= 0.3 is 0 Å². The number of ether oxygens (including phenoxy) is 1. The van der Waals surface area contributed by atoms with E-state index in [-0.39, 0.29) is 5.54 Å². The van der Waals surface area contributed by atoms with E-state index in [0.717, 1.165) is 19.7 Å². The van der Waals surface area contributed by atoms with Crippen LogP contribution in [0.5, 0.6) is 0 Å². The lowest BCUT2D eigenvalue weighted by Gasteiger charge is -2.27. The van der Waals surface area contributed by atoms with E-state index in [2.05, 4.69) is 5.32 Å². The van der Waals surface area contributed by atoms with Gasteiger partial charge < -0.3 is 15.8 Å². The van der Waals surface area contributed by atoms with E-state index >= 15 is 0 Å². The lowest BCUT2D eigenvalue weighted by atomic mass is 9.99. The molecule has 3 heteroatoms. The van der Waals surface area contributed by atoms with Crippen LogP contribution in [0.25, 0.3) is 0 Å². The SMILES string of the molecule is NC1(CNCC2CCCCO2)CCCC1. The van der Waals surface area contributed by atoms with E-state index in [1.807, 2.05) is 0 Å². The zero-order valence-corrected chi connectivity index (χ0v) is 9.63. The molecule has 2 rings (SSSR count). The molecule has 1 atom stereocenters. The maximum absolute atomic E-state index is 6.27. The molecule has 1 saturated carbocycles. The molecule has 1 unspecified atom stereocenters. The molecule has 0 aromatic heterocycles. The highest BCUT2D eigenvalue weighted by Gasteiger charge is 2.28. The number of nitrogens with two attached hydrogens (primary N) is 1. The van der Waals surface area contributed by atoms with Gasteiger partial charge in [0.1, 0.15) is 0 Å². The minimum atomic E-state index is 0.0780. The molecule has 1 aliphatic carbocycles. The molecular formula is C12H24N2O. The van der Waals surface area contributed by atoms with Crippen LogP contribution in [0.2, 0.25) is 0 Å². The maximum Gasteiger partial charge on any atom is 0.0699 e. The third-order valence-corrected chi connectivity index (χ3v) is 3.72. The smallest absolute Gasteiger partial charge is 0.0699 e. The van der Waals surface area contributed by atoms with E-state index in [0.29, 0.717) is 6.10 Å². The maximum atomic E-state index is 6.27. The van der Waals surface area contributed by atoms with Crippen LogP contribution in [0.1, 0.15) is 44.9 Å². The van der Waals surface area contributed by atoms with Gasteiger partial charge in [-0.3, -0.25) is 0 Å². The standard InChI is InChI=1S/C12H24N2O/c13-12(6-2-3-7-12)10-14-9-11-5-1-4-8-15-11/h11,14H,1-10,13H2. The highest BCUT2D eigenvalue weighted by Crippen LogP contribution is 2.26. The molecule has 2 fully saturated rings. The first kappa shape index (κ1) is 11.4. The Bertz CT molecular complexity index is 184. The van der Waals surface area contributed by atoms with Crippen molar-refractivity contribution in [3.63, 3.8) is 0 Å². The molecule has 1 aliphatic heterocycles. The predicted molar refractivity (Wildman–Crippen MR) is 61.8 cm³/mol. The summed E-state index contributed by atoms with van der Waals surface area (Å²) in [4.78, 5) is 0.